The fourth-order valence-corrected chi connectivity index (χ4v) is 0.651. The Morgan fingerprint density at radius 3 is 2.40 bits per heavy atom. The summed E-state index contributed by atoms with van der Waals surface area (Å²) in [6, 6.07) is 0. The lowest BCUT2D eigenvalue weighted by atomic mass is 10.2. The Morgan fingerprint density at radius 2 is 2.10 bits per heavy atom. The summed E-state index contributed by atoms with van der Waals surface area (Å²) in [5.74, 6) is -1.10. The van der Waals surface area contributed by atoms with Gasteiger partial charge in [-0.05, 0) is 0 Å². The van der Waals surface area contributed by atoms with Crippen LogP contribution in [0.5, 0.6) is 0 Å². The SMILES string of the molecule is CCC(=O)CC(S)C(=O)O. The summed E-state index contributed by atoms with van der Waals surface area (Å²) in [7, 11) is 0. The van der Waals surface area contributed by atoms with Crippen LogP contribution in [0.4, 0.5) is 0 Å². The van der Waals surface area contributed by atoms with Crippen LogP contribution in [-0.2, 0) is 9.59 Å². The Balaban J connectivity index is 3.68. The Labute approximate surface area is 64.8 Å². The summed E-state index contributed by atoms with van der Waals surface area (Å²) in [4.78, 5) is 20.7. The minimum Gasteiger partial charge on any atom is -0.480 e. The van der Waals surface area contributed by atoms with Crippen LogP contribution in [0, 0.1) is 0 Å². The molecule has 58 valence electrons. The monoisotopic (exact) mass is 162 g/mol. The molecule has 10 heavy (non-hydrogen) atoms. The van der Waals surface area contributed by atoms with Gasteiger partial charge < -0.3 is 5.11 Å². The highest BCUT2D eigenvalue weighted by molar-refractivity contribution is 7.81. The predicted octanol–water partition coefficient (Wildman–Crippen LogP) is 0.739. The number of rotatable bonds is 4. The third-order valence-electron chi connectivity index (χ3n) is 1.10. The summed E-state index contributed by atoms with van der Waals surface area (Å²) in [6.07, 6.45) is 0.402. The first-order valence-electron chi connectivity index (χ1n) is 3.00. The van der Waals surface area contributed by atoms with Crippen molar-refractivity contribution >= 4 is 24.4 Å². The zero-order valence-corrected chi connectivity index (χ0v) is 6.60. The van der Waals surface area contributed by atoms with Crippen molar-refractivity contribution in [1.82, 2.24) is 0 Å². The van der Waals surface area contributed by atoms with Gasteiger partial charge in [0, 0.05) is 12.8 Å². The van der Waals surface area contributed by atoms with Crippen molar-refractivity contribution in [3.63, 3.8) is 0 Å². The van der Waals surface area contributed by atoms with Crippen molar-refractivity contribution in [2.75, 3.05) is 0 Å². The third-order valence-corrected chi connectivity index (χ3v) is 1.50. The molecule has 0 aliphatic rings. The quantitative estimate of drug-likeness (QED) is 0.599. The van der Waals surface area contributed by atoms with Crippen LogP contribution in [0.25, 0.3) is 0 Å². The summed E-state index contributed by atoms with van der Waals surface area (Å²) < 4.78 is 0. The smallest absolute Gasteiger partial charge is 0.316 e. The number of carbonyl (C=O) groups excluding carboxylic acids is 1. The molecule has 0 spiro atoms. The number of hydrogen-bond acceptors (Lipinski definition) is 3. The van der Waals surface area contributed by atoms with Crippen molar-refractivity contribution in [2.45, 2.75) is 25.0 Å². The molecule has 0 saturated carbocycles. The number of carboxylic acid groups (broad SMARTS) is 1. The largest absolute Gasteiger partial charge is 0.480 e. The van der Waals surface area contributed by atoms with Crippen LogP contribution in [0.1, 0.15) is 19.8 Å². The van der Waals surface area contributed by atoms with Crippen LogP contribution in [-0.4, -0.2) is 22.1 Å². The van der Waals surface area contributed by atoms with E-state index in [1.165, 1.54) is 0 Å². The van der Waals surface area contributed by atoms with E-state index in [1.54, 1.807) is 6.92 Å². The van der Waals surface area contributed by atoms with Crippen molar-refractivity contribution < 1.29 is 14.7 Å². The van der Waals surface area contributed by atoms with E-state index in [-0.39, 0.29) is 12.2 Å². The molecule has 0 saturated heterocycles. The molecule has 4 heteroatoms. The molecule has 0 aromatic carbocycles. The van der Waals surface area contributed by atoms with E-state index < -0.39 is 11.2 Å². The van der Waals surface area contributed by atoms with E-state index in [9.17, 15) is 9.59 Å². The van der Waals surface area contributed by atoms with Gasteiger partial charge in [0.1, 0.15) is 11.0 Å². The molecule has 0 rings (SSSR count). The van der Waals surface area contributed by atoms with E-state index >= 15 is 0 Å². The number of aliphatic carboxylic acids is 1. The minimum atomic E-state index is -1.04. The normalized spacial score (nSPS) is 12.6. The van der Waals surface area contributed by atoms with Gasteiger partial charge in [-0.3, -0.25) is 9.59 Å². The molecule has 3 nitrogen and oxygen atoms in total. The van der Waals surface area contributed by atoms with Crippen molar-refractivity contribution in [2.24, 2.45) is 0 Å². The van der Waals surface area contributed by atoms with Crippen molar-refractivity contribution in [1.29, 1.82) is 0 Å². The first-order valence-corrected chi connectivity index (χ1v) is 3.52. The van der Waals surface area contributed by atoms with E-state index in [4.69, 9.17) is 5.11 Å². The van der Waals surface area contributed by atoms with E-state index in [0.29, 0.717) is 6.42 Å². The molecule has 0 heterocycles. The summed E-state index contributed by atoms with van der Waals surface area (Å²) in [5.41, 5.74) is 0. The first-order chi connectivity index (χ1) is 4.57. The highest BCUT2D eigenvalue weighted by Gasteiger charge is 2.14. The molecule has 0 aromatic rings. The molecule has 1 N–H and O–H groups in total. The number of carbonyl (C=O) groups is 2. The zero-order valence-electron chi connectivity index (χ0n) is 5.70. The summed E-state index contributed by atoms with van der Waals surface area (Å²) >= 11 is 3.70. The van der Waals surface area contributed by atoms with Gasteiger partial charge in [0.05, 0.1) is 0 Å². The average molecular weight is 162 g/mol. The number of thiol groups is 1. The molecule has 1 atom stereocenters. The molecule has 0 bridgehead atoms. The Kier molecular flexibility index (Phi) is 4.11. The van der Waals surface area contributed by atoms with Gasteiger partial charge in [0.25, 0.3) is 0 Å². The topological polar surface area (TPSA) is 54.4 Å². The van der Waals surface area contributed by atoms with Crippen LogP contribution in [0.2, 0.25) is 0 Å². The van der Waals surface area contributed by atoms with Gasteiger partial charge in [-0.1, -0.05) is 6.92 Å². The van der Waals surface area contributed by atoms with Gasteiger partial charge in [-0.2, -0.15) is 12.6 Å². The molecule has 0 aliphatic carbocycles. The second-order valence-electron chi connectivity index (χ2n) is 1.95. The lowest BCUT2D eigenvalue weighted by Crippen LogP contribution is -2.17. The number of hydrogen-bond donors (Lipinski definition) is 2. The van der Waals surface area contributed by atoms with Gasteiger partial charge in [0.15, 0.2) is 0 Å². The molecule has 0 radical (unpaired) electrons. The zero-order chi connectivity index (χ0) is 8.15. The van der Waals surface area contributed by atoms with Gasteiger partial charge >= 0.3 is 5.97 Å². The first kappa shape index (κ1) is 9.49. The Hall–Kier alpha value is -0.510. The fraction of sp³-hybridized carbons (Fsp3) is 0.667. The van der Waals surface area contributed by atoms with E-state index in [1.807, 2.05) is 0 Å². The highest BCUT2D eigenvalue weighted by Crippen LogP contribution is 2.03. The molecule has 0 aliphatic heterocycles. The van der Waals surface area contributed by atoms with Gasteiger partial charge in [-0.15, -0.1) is 0 Å². The molecule has 0 fully saturated rings. The lowest BCUT2D eigenvalue weighted by molar-refractivity contribution is -0.137. The number of Topliss-reactive ketones (excluding diaryl/α,β-unsaturated/α-hetero) is 1. The second-order valence-corrected chi connectivity index (χ2v) is 2.57. The maximum Gasteiger partial charge on any atom is 0.316 e. The van der Waals surface area contributed by atoms with Crippen molar-refractivity contribution in [3.8, 4) is 0 Å². The molecular formula is C6H10O3S. The third kappa shape index (κ3) is 3.50. The summed E-state index contributed by atoms with van der Waals surface area (Å²) in [6.45, 7) is 1.70. The fourth-order valence-electron chi connectivity index (χ4n) is 0.447. The molecule has 0 aromatic heterocycles. The molecular weight excluding hydrogens is 152 g/mol. The van der Waals surface area contributed by atoms with E-state index in [2.05, 4.69) is 12.6 Å². The number of ketones is 1. The number of carboxylic acids is 1. The highest BCUT2D eigenvalue weighted by atomic mass is 32.1. The van der Waals surface area contributed by atoms with E-state index in [0.717, 1.165) is 0 Å². The van der Waals surface area contributed by atoms with Crippen molar-refractivity contribution in [3.05, 3.63) is 0 Å². The summed E-state index contributed by atoms with van der Waals surface area (Å²) in [5, 5.41) is 7.46. The van der Waals surface area contributed by atoms with Crippen LogP contribution < -0.4 is 0 Å². The van der Waals surface area contributed by atoms with Gasteiger partial charge in [-0.25, -0.2) is 0 Å². The van der Waals surface area contributed by atoms with Gasteiger partial charge in [0.2, 0.25) is 0 Å². The Bertz CT molecular complexity index is 144. The molecule has 1 unspecified atom stereocenters. The van der Waals surface area contributed by atoms with Crippen LogP contribution in [0.3, 0.4) is 0 Å². The van der Waals surface area contributed by atoms with Crippen LogP contribution in [0.15, 0.2) is 0 Å². The lowest BCUT2D eigenvalue weighted by Gasteiger charge is -2.00. The standard InChI is InChI=1S/C6H10O3S/c1-2-4(7)3-5(10)6(8)9/h5,10H,2-3H2,1H3,(H,8,9). The minimum absolute atomic E-state index is 0.0228. The maximum absolute atomic E-state index is 10.6. The maximum atomic E-state index is 10.6. The van der Waals surface area contributed by atoms with Crippen LogP contribution >= 0.6 is 12.6 Å². The average Bonchev–Trinajstić information content (AvgIpc) is 1.87. The molecule has 0 amide bonds. The predicted molar refractivity (Wildman–Crippen MR) is 40.3 cm³/mol. The second kappa shape index (κ2) is 4.33. The Morgan fingerprint density at radius 1 is 1.60 bits per heavy atom.